The van der Waals surface area contributed by atoms with Crippen molar-refractivity contribution >= 4 is 37.6 Å². The Morgan fingerprint density at radius 2 is 1.74 bits per heavy atom. The molecule has 0 saturated carbocycles. The molecule has 4 bridgehead atoms. The van der Waals surface area contributed by atoms with Crippen molar-refractivity contribution < 1.29 is 40.6 Å². The van der Waals surface area contributed by atoms with Crippen molar-refractivity contribution in [1.82, 2.24) is 0 Å². The van der Waals surface area contributed by atoms with Crippen molar-refractivity contribution in [1.29, 1.82) is 0 Å². The van der Waals surface area contributed by atoms with Crippen LogP contribution in [-0.2, 0) is 27.5 Å². The Morgan fingerprint density at radius 1 is 1.00 bits per heavy atom. The maximum Gasteiger partial charge on any atom is 0.418 e. The van der Waals surface area contributed by atoms with Crippen molar-refractivity contribution in [3.8, 4) is 22.6 Å². The number of carbonyl (C=O) groups is 1. The number of hydrogen-bond acceptors (Lipinski definition) is 6. The summed E-state index contributed by atoms with van der Waals surface area (Å²) in [5.41, 5.74) is -0.907. The standard InChI is InChI=1S/C23H17BrF3NO6S/c1-32-15-5-3-13-11-34-22(29)14-7-18(24)21(33-2)20(9-14)35(30,31)28-19-8-12(16(13)10-15)4-6-17(19)23(25,26)27/h3-10,28H,11H2,1-2H3. The molecule has 184 valence electrons. The van der Waals surface area contributed by atoms with Gasteiger partial charge in [0, 0.05) is 0 Å². The number of fused-ring (bicyclic) bond motifs is 6. The molecule has 3 aromatic carbocycles. The molecule has 1 heterocycles. The number of alkyl halides is 3. The van der Waals surface area contributed by atoms with Gasteiger partial charge in [0.25, 0.3) is 10.0 Å². The van der Waals surface area contributed by atoms with Gasteiger partial charge in [0.15, 0.2) is 5.75 Å². The van der Waals surface area contributed by atoms with Gasteiger partial charge >= 0.3 is 12.1 Å². The predicted molar refractivity (Wildman–Crippen MR) is 124 cm³/mol. The minimum absolute atomic E-state index is 0.0969. The van der Waals surface area contributed by atoms with Gasteiger partial charge in [-0.2, -0.15) is 13.2 Å². The highest BCUT2D eigenvalue weighted by atomic mass is 79.9. The van der Waals surface area contributed by atoms with E-state index in [1.54, 1.807) is 18.2 Å². The van der Waals surface area contributed by atoms with Crippen LogP contribution in [0, 0.1) is 0 Å². The topological polar surface area (TPSA) is 90.9 Å². The molecule has 1 aliphatic heterocycles. The number of benzene rings is 3. The lowest BCUT2D eigenvalue weighted by atomic mass is 9.97. The van der Waals surface area contributed by atoms with Gasteiger partial charge in [-0.1, -0.05) is 12.1 Å². The molecule has 1 N–H and O–H groups in total. The highest BCUT2D eigenvalue weighted by Crippen LogP contribution is 2.41. The van der Waals surface area contributed by atoms with Crippen LogP contribution in [0.5, 0.6) is 11.5 Å². The van der Waals surface area contributed by atoms with E-state index in [0.717, 1.165) is 18.2 Å². The summed E-state index contributed by atoms with van der Waals surface area (Å²) in [5.74, 6) is -0.628. The number of ether oxygens (including phenoxy) is 3. The van der Waals surface area contributed by atoms with Gasteiger partial charge in [0.1, 0.15) is 17.3 Å². The summed E-state index contributed by atoms with van der Waals surface area (Å²) < 4.78 is 85.9. The van der Waals surface area contributed by atoms with Crippen molar-refractivity contribution in [3.05, 3.63) is 69.7 Å². The molecule has 0 amide bonds. The lowest BCUT2D eigenvalue weighted by molar-refractivity contribution is -0.136. The summed E-state index contributed by atoms with van der Waals surface area (Å²) in [7, 11) is -2.04. The quantitative estimate of drug-likeness (QED) is 0.401. The number of carbonyl (C=O) groups excluding carboxylic acids is 1. The van der Waals surface area contributed by atoms with Crippen LogP contribution >= 0.6 is 15.9 Å². The number of hydrogen-bond donors (Lipinski definition) is 1. The average molecular weight is 572 g/mol. The number of halogens is 4. The van der Waals surface area contributed by atoms with E-state index in [4.69, 9.17) is 14.2 Å². The predicted octanol–water partition coefficient (Wildman–Crippen LogP) is 5.62. The molecule has 3 aromatic rings. The molecule has 35 heavy (non-hydrogen) atoms. The molecule has 0 fully saturated rings. The average Bonchev–Trinajstić information content (AvgIpc) is 2.80. The molecule has 0 atom stereocenters. The zero-order valence-electron chi connectivity index (χ0n) is 18.2. The summed E-state index contributed by atoms with van der Waals surface area (Å²) in [5, 5.41) is 0. The first-order chi connectivity index (χ1) is 16.4. The number of nitrogens with one attached hydrogen (secondary N) is 1. The highest BCUT2D eigenvalue weighted by Gasteiger charge is 2.36. The molecule has 0 unspecified atom stereocenters. The fourth-order valence-electron chi connectivity index (χ4n) is 3.63. The van der Waals surface area contributed by atoms with Gasteiger partial charge < -0.3 is 14.2 Å². The van der Waals surface area contributed by atoms with E-state index in [0.29, 0.717) is 16.9 Å². The first-order valence-corrected chi connectivity index (χ1v) is 12.2. The molecular formula is C23H17BrF3NO6S. The largest absolute Gasteiger partial charge is 0.497 e. The third kappa shape index (κ3) is 4.80. The van der Waals surface area contributed by atoms with Crippen LogP contribution < -0.4 is 14.2 Å². The number of anilines is 1. The third-order valence-electron chi connectivity index (χ3n) is 5.29. The Morgan fingerprint density at radius 3 is 2.40 bits per heavy atom. The lowest BCUT2D eigenvalue weighted by Crippen LogP contribution is -2.19. The van der Waals surface area contributed by atoms with Crippen LogP contribution in [-0.4, -0.2) is 28.6 Å². The van der Waals surface area contributed by atoms with Gasteiger partial charge in [-0.25, -0.2) is 13.2 Å². The lowest BCUT2D eigenvalue weighted by Gasteiger charge is -2.18. The van der Waals surface area contributed by atoms with Gasteiger partial charge in [-0.3, -0.25) is 4.72 Å². The van der Waals surface area contributed by atoms with E-state index in [-0.39, 0.29) is 28.0 Å². The second kappa shape index (κ2) is 9.08. The first kappa shape index (κ1) is 24.9. The molecule has 0 aliphatic carbocycles. The maximum atomic E-state index is 13.8. The summed E-state index contributed by atoms with van der Waals surface area (Å²) >= 11 is 3.15. The Balaban J connectivity index is 2.04. The fourth-order valence-corrected chi connectivity index (χ4v) is 5.67. The van der Waals surface area contributed by atoms with Gasteiger partial charge in [-0.05, 0) is 69.0 Å². The van der Waals surface area contributed by atoms with E-state index in [1.807, 2.05) is 4.72 Å². The van der Waals surface area contributed by atoms with Gasteiger partial charge in [0.2, 0.25) is 0 Å². The minimum atomic E-state index is -4.85. The number of cyclic esters (lactones) is 1. The van der Waals surface area contributed by atoms with E-state index in [9.17, 15) is 26.4 Å². The molecule has 4 rings (SSSR count). The zero-order valence-corrected chi connectivity index (χ0v) is 20.6. The van der Waals surface area contributed by atoms with E-state index in [1.165, 1.54) is 26.4 Å². The SMILES string of the molecule is COc1ccc2c(c1)-c1ccc(C(F)(F)F)c(c1)NS(=O)(=O)c1cc(cc(Br)c1OC)C(=O)OC2. The second-order valence-electron chi connectivity index (χ2n) is 7.45. The molecule has 1 aliphatic rings. The number of methoxy groups -OCH3 is 2. The van der Waals surface area contributed by atoms with Gasteiger partial charge in [0.05, 0.1) is 35.5 Å². The smallest absolute Gasteiger partial charge is 0.418 e. The Labute approximate surface area is 207 Å². The first-order valence-electron chi connectivity index (χ1n) is 9.90. The monoisotopic (exact) mass is 571 g/mol. The van der Waals surface area contributed by atoms with Crippen LogP contribution in [0.1, 0.15) is 21.5 Å². The van der Waals surface area contributed by atoms with Crippen molar-refractivity contribution in [2.45, 2.75) is 17.7 Å². The molecular weight excluding hydrogens is 555 g/mol. The Bertz CT molecular complexity index is 1440. The maximum absolute atomic E-state index is 13.8. The number of rotatable bonds is 2. The van der Waals surface area contributed by atoms with E-state index < -0.39 is 38.3 Å². The highest BCUT2D eigenvalue weighted by molar-refractivity contribution is 9.10. The third-order valence-corrected chi connectivity index (χ3v) is 7.25. The van der Waals surface area contributed by atoms with Crippen LogP contribution in [0.4, 0.5) is 18.9 Å². The Hall–Kier alpha value is -3.25. The van der Waals surface area contributed by atoms with E-state index >= 15 is 0 Å². The van der Waals surface area contributed by atoms with Crippen LogP contribution in [0.3, 0.4) is 0 Å². The summed E-state index contributed by atoms with van der Waals surface area (Å²) in [6.45, 7) is -0.228. The van der Waals surface area contributed by atoms with Crippen molar-refractivity contribution in [2.24, 2.45) is 0 Å². The number of esters is 1. The summed E-state index contributed by atoms with van der Waals surface area (Å²) in [6.07, 6.45) is -4.85. The molecule has 0 saturated heterocycles. The van der Waals surface area contributed by atoms with Crippen LogP contribution in [0.25, 0.3) is 11.1 Å². The summed E-state index contributed by atoms with van der Waals surface area (Å²) in [4.78, 5) is 12.2. The molecule has 0 radical (unpaired) electrons. The normalized spacial score (nSPS) is 14.9. The number of sulfonamides is 1. The molecule has 7 nitrogen and oxygen atoms in total. The van der Waals surface area contributed by atoms with Gasteiger partial charge in [-0.15, -0.1) is 0 Å². The zero-order chi connectivity index (χ0) is 25.5. The molecule has 12 heteroatoms. The second-order valence-corrected chi connectivity index (χ2v) is 9.96. The van der Waals surface area contributed by atoms with E-state index in [2.05, 4.69) is 15.9 Å². The van der Waals surface area contributed by atoms with Crippen molar-refractivity contribution in [3.63, 3.8) is 0 Å². The van der Waals surface area contributed by atoms with Crippen LogP contribution in [0.2, 0.25) is 0 Å². The molecule has 0 spiro atoms. The van der Waals surface area contributed by atoms with Crippen molar-refractivity contribution in [2.75, 3.05) is 18.9 Å². The summed E-state index contributed by atoms with van der Waals surface area (Å²) in [6, 6.07) is 10.1. The minimum Gasteiger partial charge on any atom is -0.497 e. The Kier molecular flexibility index (Phi) is 6.45. The molecule has 0 aromatic heterocycles. The van der Waals surface area contributed by atoms with Crippen LogP contribution in [0.15, 0.2) is 57.9 Å². The fraction of sp³-hybridized carbons (Fsp3) is 0.174.